The van der Waals surface area contributed by atoms with Crippen LogP contribution >= 0.6 is 11.3 Å². The molecule has 1 saturated carbocycles. The van der Waals surface area contributed by atoms with Gasteiger partial charge in [-0.3, -0.25) is 4.79 Å². The van der Waals surface area contributed by atoms with Crippen LogP contribution in [0.25, 0.3) is 12.2 Å². The molecular formula is C13H12N2O2S. The van der Waals surface area contributed by atoms with Gasteiger partial charge in [0.25, 0.3) is 5.91 Å². The summed E-state index contributed by atoms with van der Waals surface area (Å²) in [5.41, 5.74) is 0.340. The third kappa shape index (κ3) is 2.68. The fourth-order valence-electron chi connectivity index (χ4n) is 1.51. The number of carbonyl (C=O) groups excluding carboxylic acids is 1. The fraction of sp³-hybridized carbons (Fsp3) is 0.231. The Bertz CT molecular complexity index is 568. The van der Waals surface area contributed by atoms with Gasteiger partial charge < -0.3 is 9.84 Å². The second kappa shape index (κ2) is 4.78. The lowest BCUT2D eigenvalue weighted by atomic mass is 10.3. The summed E-state index contributed by atoms with van der Waals surface area (Å²) in [7, 11) is 0. The highest BCUT2D eigenvalue weighted by Crippen LogP contribution is 2.19. The van der Waals surface area contributed by atoms with Gasteiger partial charge in [-0.25, -0.2) is 0 Å². The molecule has 2 heterocycles. The van der Waals surface area contributed by atoms with E-state index in [9.17, 15) is 4.79 Å². The topological polar surface area (TPSA) is 55.1 Å². The molecule has 2 aromatic rings. The maximum atomic E-state index is 11.7. The Morgan fingerprint density at radius 1 is 1.50 bits per heavy atom. The van der Waals surface area contributed by atoms with Crippen LogP contribution in [0.3, 0.4) is 0 Å². The molecule has 0 atom stereocenters. The van der Waals surface area contributed by atoms with Crippen LogP contribution in [0.2, 0.25) is 0 Å². The van der Waals surface area contributed by atoms with Gasteiger partial charge in [0.1, 0.15) is 0 Å². The van der Waals surface area contributed by atoms with Crippen molar-refractivity contribution >= 4 is 29.4 Å². The van der Waals surface area contributed by atoms with Gasteiger partial charge >= 0.3 is 0 Å². The van der Waals surface area contributed by atoms with Crippen LogP contribution in [-0.4, -0.2) is 17.1 Å². The normalized spacial score (nSPS) is 15.1. The highest BCUT2D eigenvalue weighted by molar-refractivity contribution is 7.10. The summed E-state index contributed by atoms with van der Waals surface area (Å²) < 4.78 is 5.09. The first-order chi connectivity index (χ1) is 8.81. The Morgan fingerprint density at radius 2 is 2.39 bits per heavy atom. The van der Waals surface area contributed by atoms with Gasteiger partial charge in [0.2, 0.25) is 0 Å². The summed E-state index contributed by atoms with van der Waals surface area (Å²) in [5, 5.41) is 8.64. The van der Waals surface area contributed by atoms with Crippen molar-refractivity contribution in [2.75, 3.05) is 0 Å². The van der Waals surface area contributed by atoms with Crippen LogP contribution < -0.4 is 5.32 Å². The van der Waals surface area contributed by atoms with Crippen molar-refractivity contribution in [3.8, 4) is 0 Å². The highest BCUT2D eigenvalue weighted by Gasteiger charge is 2.25. The van der Waals surface area contributed by atoms with Crippen molar-refractivity contribution in [2.45, 2.75) is 18.9 Å². The molecule has 0 spiro atoms. The predicted molar refractivity (Wildman–Crippen MR) is 70.2 cm³/mol. The lowest BCUT2D eigenvalue weighted by Gasteiger charge is -1.96. The summed E-state index contributed by atoms with van der Waals surface area (Å²) in [6.07, 6.45) is 5.88. The minimum atomic E-state index is -0.156. The first kappa shape index (κ1) is 11.2. The van der Waals surface area contributed by atoms with Crippen molar-refractivity contribution in [1.29, 1.82) is 0 Å². The molecular weight excluding hydrogens is 248 g/mol. The molecule has 18 heavy (non-hydrogen) atoms. The number of thiophene rings is 1. The van der Waals surface area contributed by atoms with E-state index in [0.29, 0.717) is 17.5 Å². The van der Waals surface area contributed by atoms with E-state index in [1.807, 2.05) is 29.7 Å². The summed E-state index contributed by atoms with van der Waals surface area (Å²) >= 11 is 1.64. The van der Waals surface area contributed by atoms with Crippen molar-refractivity contribution in [1.82, 2.24) is 10.5 Å². The molecule has 1 aliphatic carbocycles. The summed E-state index contributed by atoms with van der Waals surface area (Å²) in [5.74, 6) is 0.432. The van der Waals surface area contributed by atoms with E-state index in [0.717, 1.165) is 17.7 Å². The molecule has 0 saturated heterocycles. The Kier molecular flexibility index (Phi) is 2.98. The van der Waals surface area contributed by atoms with E-state index in [-0.39, 0.29) is 5.91 Å². The molecule has 0 aliphatic heterocycles. The third-order valence-corrected chi connectivity index (χ3v) is 3.47. The van der Waals surface area contributed by atoms with Gasteiger partial charge in [0, 0.05) is 17.0 Å². The van der Waals surface area contributed by atoms with Crippen LogP contribution in [0.1, 0.15) is 34.0 Å². The SMILES string of the molecule is O=C(NC1CC1)c1cc(/C=C/c2cccs2)on1. The van der Waals surface area contributed by atoms with E-state index < -0.39 is 0 Å². The van der Waals surface area contributed by atoms with Gasteiger partial charge in [-0.05, 0) is 36.4 Å². The molecule has 0 aromatic carbocycles. The number of amides is 1. The molecule has 92 valence electrons. The fourth-order valence-corrected chi connectivity index (χ4v) is 2.13. The maximum Gasteiger partial charge on any atom is 0.273 e. The molecule has 1 amide bonds. The largest absolute Gasteiger partial charge is 0.356 e. The van der Waals surface area contributed by atoms with Crippen LogP contribution in [0, 0.1) is 0 Å². The zero-order valence-corrected chi connectivity index (χ0v) is 10.4. The molecule has 0 radical (unpaired) electrons. The van der Waals surface area contributed by atoms with E-state index >= 15 is 0 Å². The van der Waals surface area contributed by atoms with Crippen LogP contribution in [0.15, 0.2) is 28.1 Å². The first-order valence-corrected chi connectivity index (χ1v) is 6.68. The number of nitrogens with one attached hydrogen (secondary N) is 1. The molecule has 4 nitrogen and oxygen atoms in total. The predicted octanol–water partition coefficient (Wildman–Crippen LogP) is 2.80. The van der Waals surface area contributed by atoms with Gasteiger partial charge in [-0.1, -0.05) is 11.2 Å². The number of rotatable bonds is 4. The molecule has 5 heteroatoms. The van der Waals surface area contributed by atoms with Crippen LogP contribution in [0.4, 0.5) is 0 Å². The van der Waals surface area contributed by atoms with E-state index in [2.05, 4.69) is 10.5 Å². The van der Waals surface area contributed by atoms with E-state index in [4.69, 9.17) is 4.52 Å². The van der Waals surface area contributed by atoms with Crippen LogP contribution in [0.5, 0.6) is 0 Å². The molecule has 3 rings (SSSR count). The lowest BCUT2D eigenvalue weighted by molar-refractivity contribution is 0.0942. The summed E-state index contributed by atoms with van der Waals surface area (Å²) in [4.78, 5) is 12.8. The van der Waals surface area contributed by atoms with Crippen molar-refractivity contribution in [2.24, 2.45) is 0 Å². The second-order valence-electron chi connectivity index (χ2n) is 4.21. The number of hydrogen-bond acceptors (Lipinski definition) is 4. The lowest BCUT2D eigenvalue weighted by Crippen LogP contribution is -2.25. The maximum absolute atomic E-state index is 11.7. The van der Waals surface area contributed by atoms with E-state index in [1.54, 1.807) is 17.4 Å². The molecule has 1 fully saturated rings. The highest BCUT2D eigenvalue weighted by atomic mass is 32.1. The zero-order chi connectivity index (χ0) is 12.4. The zero-order valence-electron chi connectivity index (χ0n) is 9.63. The third-order valence-electron chi connectivity index (χ3n) is 2.63. The minimum absolute atomic E-state index is 0.156. The van der Waals surface area contributed by atoms with Crippen molar-refractivity contribution in [3.05, 3.63) is 39.9 Å². The monoisotopic (exact) mass is 260 g/mol. The van der Waals surface area contributed by atoms with Crippen molar-refractivity contribution in [3.63, 3.8) is 0 Å². The van der Waals surface area contributed by atoms with Gasteiger partial charge in [0.05, 0.1) is 0 Å². The average molecular weight is 260 g/mol. The first-order valence-electron chi connectivity index (χ1n) is 5.80. The standard InChI is InChI=1S/C13H12N2O2S/c16-13(14-9-3-4-9)12-8-10(17-15-12)5-6-11-2-1-7-18-11/h1-2,5-9H,3-4H2,(H,14,16)/b6-5+. The van der Waals surface area contributed by atoms with E-state index in [1.165, 1.54) is 0 Å². The van der Waals surface area contributed by atoms with Crippen LogP contribution in [-0.2, 0) is 0 Å². The molecule has 1 N–H and O–H groups in total. The second-order valence-corrected chi connectivity index (χ2v) is 5.19. The Morgan fingerprint density at radius 3 is 3.11 bits per heavy atom. The molecule has 2 aromatic heterocycles. The van der Waals surface area contributed by atoms with Gasteiger partial charge in [-0.2, -0.15) is 0 Å². The number of hydrogen-bond donors (Lipinski definition) is 1. The van der Waals surface area contributed by atoms with Gasteiger partial charge in [0.15, 0.2) is 11.5 Å². The smallest absolute Gasteiger partial charge is 0.273 e. The average Bonchev–Trinajstić information content (AvgIpc) is 2.88. The Labute approximate surface area is 108 Å². The molecule has 1 aliphatic rings. The van der Waals surface area contributed by atoms with Crippen molar-refractivity contribution < 1.29 is 9.32 Å². The summed E-state index contributed by atoms with van der Waals surface area (Å²) in [6, 6.07) is 5.98. The molecule has 0 unspecified atom stereocenters. The van der Waals surface area contributed by atoms with Gasteiger partial charge in [-0.15, -0.1) is 11.3 Å². The summed E-state index contributed by atoms with van der Waals surface area (Å²) in [6.45, 7) is 0. The minimum Gasteiger partial charge on any atom is -0.356 e. The number of carbonyl (C=O) groups is 1. The molecule has 0 bridgehead atoms. The Hall–Kier alpha value is -1.88. The number of aromatic nitrogens is 1. The Balaban J connectivity index is 1.67. The quantitative estimate of drug-likeness (QED) is 0.919. The number of nitrogens with zero attached hydrogens (tertiary/aromatic N) is 1.